The molecule has 1 aromatic carbocycles. The van der Waals surface area contributed by atoms with Gasteiger partial charge in [-0.3, -0.25) is 0 Å². The van der Waals surface area contributed by atoms with Gasteiger partial charge in [-0.05, 0) is 36.4 Å². The first-order valence-electron chi connectivity index (χ1n) is 7.16. The van der Waals surface area contributed by atoms with Gasteiger partial charge in [-0.15, -0.1) is 0 Å². The van der Waals surface area contributed by atoms with Gasteiger partial charge in [0.15, 0.2) is 11.5 Å². The van der Waals surface area contributed by atoms with Crippen molar-refractivity contribution in [3.05, 3.63) is 24.4 Å². The van der Waals surface area contributed by atoms with E-state index in [-0.39, 0.29) is 6.10 Å². The molecule has 3 rings (SSSR count). The van der Waals surface area contributed by atoms with Crippen LogP contribution in [0.5, 0.6) is 11.5 Å². The number of ether oxygens (including phenoxy) is 2. The number of nitrogens with zero attached hydrogens (tertiary/aromatic N) is 2. The number of benzene rings is 1. The Morgan fingerprint density at radius 1 is 1.14 bits per heavy atom. The summed E-state index contributed by atoms with van der Waals surface area (Å²) in [7, 11) is 3.27. The molecule has 0 bridgehead atoms. The van der Waals surface area contributed by atoms with Crippen molar-refractivity contribution in [2.75, 3.05) is 32.2 Å². The first kappa shape index (κ1) is 13.9. The van der Waals surface area contributed by atoms with Gasteiger partial charge in [0.2, 0.25) is 0 Å². The predicted octanol–water partition coefficient (Wildman–Crippen LogP) is 2.21. The summed E-state index contributed by atoms with van der Waals surface area (Å²) in [6.07, 6.45) is 3.19. The Balaban J connectivity index is 2.06. The van der Waals surface area contributed by atoms with Crippen molar-refractivity contribution >= 4 is 16.6 Å². The third-order valence-electron chi connectivity index (χ3n) is 4.01. The number of aliphatic hydroxyl groups excluding tert-OH is 1. The number of aromatic nitrogens is 1. The molecule has 21 heavy (non-hydrogen) atoms. The molecule has 5 heteroatoms. The Hall–Kier alpha value is -2.01. The molecule has 2 heterocycles. The summed E-state index contributed by atoms with van der Waals surface area (Å²) >= 11 is 0. The van der Waals surface area contributed by atoms with Crippen molar-refractivity contribution in [3.8, 4) is 11.5 Å². The van der Waals surface area contributed by atoms with E-state index in [9.17, 15) is 5.11 Å². The van der Waals surface area contributed by atoms with Crippen LogP contribution in [0.3, 0.4) is 0 Å². The Morgan fingerprint density at radius 3 is 2.48 bits per heavy atom. The lowest BCUT2D eigenvalue weighted by Crippen LogP contribution is -2.36. The molecule has 112 valence electrons. The molecule has 1 aliphatic rings. The highest BCUT2D eigenvalue weighted by atomic mass is 16.5. The van der Waals surface area contributed by atoms with E-state index in [1.165, 1.54) is 0 Å². The van der Waals surface area contributed by atoms with Gasteiger partial charge in [-0.2, -0.15) is 0 Å². The molecule has 0 aliphatic carbocycles. The van der Waals surface area contributed by atoms with E-state index < -0.39 is 0 Å². The molecule has 2 aromatic rings. The molecule has 0 unspecified atom stereocenters. The zero-order valence-electron chi connectivity index (χ0n) is 12.4. The summed E-state index contributed by atoms with van der Waals surface area (Å²) in [5.41, 5.74) is 0. The average Bonchev–Trinajstić information content (AvgIpc) is 2.53. The molecule has 0 radical (unpaired) electrons. The topological polar surface area (TPSA) is 54.8 Å². The molecular formula is C16H20N2O3. The zero-order valence-corrected chi connectivity index (χ0v) is 12.4. The van der Waals surface area contributed by atoms with Gasteiger partial charge in [-0.25, -0.2) is 4.98 Å². The van der Waals surface area contributed by atoms with E-state index in [4.69, 9.17) is 9.47 Å². The first-order valence-corrected chi connectivity index (χ1v) is 7.16. The number of pyridine rings is 1. The smallest absolute Gasteiger partial charge is 0.161 e. The van der Waals surface area contributed by atoms with Crippen LogP contribution in [0.4, 0.5) is 5.82 Å². The van der Waals surface area contributed by atoms with Gasteiger partial charge >= 0.3 is 0 Å². The van der Waals surface area contributed by atoms with Crippen molar-refractivity contribution in [3.63, 3.8) is 0 Å². The second-order valence-electron chi connectivity index (χ2n) is 5.28. The second-order valence-corrected chi connectivity index (χ2v) is 5.28. The Labute approximate surface area is 124 Å². The standard InChI is InChI=1S/C16H20N2O3/c1-20-14-9-11-3-6-17-16(13(11)10-15(14)21-2)18-7-4-12(19)5-8-18/h3,6,9-10,12,19H,4-5,7-8H2,1-2H3. The number of fused-ring (bicyclic) bond motifs is 1. The fourth-order valence-electron chi connectivity index (χ4n) is 2.81. The summed E-state index contributed by atoms with van der Waals surface area (Å²) < 4.78 is 10.7. The largest absolute Gasteiger partial charge is 0.493 e. The van der Waals surface area contributed by atoms with E-state index in [0.717, 1.165) is 48.3 Å². The van der Waals surface area contributed by atoms with Crippen LogP contribution in [0.25, 0.3) is 10.8 Å². The number of hydrogen-bond donors (Lipinski definition) is 1. The molecule has 0 saturated carbocycles. The van der Waals surface area contributed by atoms with Gasteiger partial charge in [0.1, 0.15) is 5.82 Å². The normalized spacial score (nSPS) is 16.2. The van der Waals surface area contributed by atoms with E-state index in [0.29, 0.717) is 5.75 Å². The van der Waals surface area contributed by atoms with Crippen LogP contribution < -0.4 is 14.4 Å². The first-order chi connectivity index (χ1) is 10.2. The highest BCUT2D eigenvalue weighted by Gasteiger charge is 2.20. The summed E-state index contributed by atoms with van der Waals surface area (Å²) in [5.74, 6) is 2.37. The van der Waals surface area contributed by atoms with E-state index in [1.807, 2.05) is 24.4 Å². The molecule has 1 aromatic heterocycles. The zero-order chi connectivity index (χ0) is 14.8. The van der Waals surface area contributed by atoms with Gasteiger partial charge in [0.05, 0.1) is 20.3 Å². The van der Waals surface area contributed by atoms with E-state index in [2.05, 4.69) is 9.88 Å². The van der Waals surface area contributed by atoms with Crippen LogP contribution >= 0.6 is 0 Å². The average molecular weight is 288 g/mol. The molecule has 1 fully saturated rings. The van der Waals surface area contributed by atoms with Crippen molar-refractivity contribution < 1.29 is 14.6 Å². The third-order valence-corrected chi connectivity index (χ3v) is 4.01. The fourth-order valence-corrected chi connectivity index (χ4v) is 2.81. The van der Waals surface area contributed by atoms with Crippen LogP contribution in [-0.2, 0) is 0 Å². The lowest BCUT2D eigenvalue weighted by Gasteiger charge is -2.31. The van der Waals surface area contributed by atoms with Gasteiger partial charge in [0, 0.05) is 24.7 Å². The molecule has 0 atom stereocenters. The van der Waals surface area contributed by atoms with Crippen LogP contribution in [0.15, 0.2) is 24.4 Å². The van der Waals surface area contributed by atoms with Crippen molar-refractivity contribution in [1.29, 1.82) is 0 Å². The maximum Gasteiger partial charge on any atom is 0.161 e. The van der Waals surface area contributed by atoms with Crippen molar-refractivity contribution in [2.24, 2.45) is 0 Å². The molecule has 0 amide bonds. The van der Waals surface area contributed by atoms with Gasteiger partial charge in [-0.1, -0.05) is 0 Å². The molecule has 0 spiro atoms. The van der Waals surface area contributed by atoms with Crippen molar-refractivity contribution in [2.45, 2.75) is 18.9 Å². The number of piperidine rings is 1. The van der Waals surface area contributed by atoms with Crippen LogP contribution in [0.2, 0.25) is 0 Å². The minimum atomic E-state index is -0.189. The number of hydrogen-bond acceptors (Lipinski definition) is 5. The van der Waals surface area contributed by atoms with Gasteiger partial charge in [0.25, 0.3) is 0 Å². The van der Waals surface area contributed by atoms with Crippen LogP contribution in [0, 0.1) is 0 Å². The number of anilines is 1. The predicted molar refractivity (Wildman–Crippen MR) is 82.3 cm³/mol. The summed E-state index contributed by atoms with van der Waals surface area (Å²) in [6.45, 7) is 1.64. The Morgan fingerprint density at radius 2 is 1.81 bits per heavy atom. The quantitative estimate of drug-likeness (QED) is 0.938. The van der Waals surface area contributed by atoms with Crippen LogP contribution in [0.1, 0.15) is 12.8 Å². The summed E-state index contributed by atoms with van der Waals surface area (Å²) in [4.78, 5) is 6.76. The lowest BCUT2D eigenvalue weighted by molar-refractivity contribution is 0.145. The lowest BCUT2D eigenvalue weighted by atomic mass is 10.1. The monoisotopic (exact) mass is 288 g/mol. The molecule has 1 aliphatic heterocycles. The molecular weight excluding hydrogens is 268 g/mol. The molecule has 1 N–H and O–H groups in total. The highest BCUT2D eigenvalue weighted by Crippen LogP contribution is 2.36. The Kier molecular flexibility index (Phi) is 3.84. The summed E-state index contributed by atoms with van der Waals surface area (Å²) in [6, 6.07) is 5.92. The number of aliphatic hydroxyl groups is 1. The summed E-state index contributed by atoms with van der Waals surface area (Å²) in [5, 5.41) is 11.8. The van der Waals surface area contributed by atoms with Gasteiger partial charge < -0.3 is 19.5 Å². The van der Waals surface area contributed by atoms with E-state index in [1.54, 1.807) is 14.2 Å². The maximum atomic E-state index is 9.65. The molecule has 5 nitrogen and oxygen atoms in total. The molecule has 1 saturated heterocycles. The SMILES string of the molecule is COc1cc2ccnc(N3CCC(O)CC3)c2cc1OC. The van der Waals surface area contributed by atoms with Crippen molar-refractivity contribution in [1.82, 2.24) is 4.98 Å². The second kappa shape index (κ2) is 5.77. The van der Waals surface area contributed by atoms with Crippen LogP contribution in [-0.4, -0.2) is 43.5 Å². The van der Waals surface area contributed by atoms with E-state index >= 15 is 0 Å². The maximum absolute atomic E-state index is 9.65. The fraction of sp³-hybridized carbons (Fsp3) is 0.438. The number of methoxy groups -OCH3 is 2. The minimum Gasteiger partial charge on any atom is -0.493 e. The highest BCUT2D eigenvalue weighted by molar-refractivity contribution is 5.94. The minimum absolute atomic E-state index is 0.189. The Bertz CT molecular complexity index is 637. The number of rotatable bonds is 3. The third kappa shape index (κ3) is 2.61.